The SMILES string of the molecule is [CH2]CC(C)(C)O.[Zn]. The third-order valence-electron chi connectivity index (χ3n) is 0.612. The van der Waals surface area contributed by atoms with Crippen molar-refractivity contribution in [1.82, 2.24) is 0 Å². The second-order valence-electron chi connectivity index (χ2n) is 2.06. The van der Waals surface area contributed by atoms with Crippen LogP contribution in [0.4, 0.5) is 0 Å². The molecule has 0 saturated heterocycles. The minimum absolute atomic E-state index is 0. The van der Waals surface area contributed by atoms with E-state index in [1.165, 1.54) is 0 Å². The first-order valence-corrected chi connectivity index (χ1v) is 2.08. The van der Waals surface area contributed by atoms with Gasteiger partial charge in [0.15, 0.2) is 0 Å². The van der Waals surface area contributed by atoms with Crippen LogP contribution >= 0.6 is 0 Å². The summed E-state index contributed by atoms with van der Waals surface area (Å²) in [6.45, 7) is 6.98. The van der Waals surface area contributed by atoms with Crippen LogP contribution in [-0.4, -0.2) is 10.7 Å². The Balaban J connectivity index is 0. The van der Waals surface area contributed by atoms with Gasteiger partial charge in [-0.2, -0.15) is 0 Å². The molecule has 1 nitrogen and oxygen atoms in total. The summed E-state index contributed by atoms with van der Waals surface area (Å²) in [5.74, 6) is 0. The quantitative estimate of drug-likeness (QED) is 0.556. The molecular formula is C5H11OZn. The predicted molar refractivity (Wildman–Crippen MR) is 26.3 cm³/mol. The monoisotopic (exact) mass is 151 g/mol. The van der Waals surface area contributed by atoms with E-state index in [1.54, 1.807) is 13.8 Å². The van der Waals surface area contributed by atoms with E-state index in [-0.39, 0.29) is 19.5 Å². The largest absolute Gasteiger partial charge is 0.390 e. The van der Waals surface area contributed by atoms with Gasteiger partial charge in [0.2, 0.25) is 0 Å². The molecule has 0 saturated carbocycles. The van der Waals surface area contributed by atoms with Crippen molar-refractivity contribution in [3.63, 3.8) is 0 Å². The van der Waals surface area contributed by atoms with Crippen LogP contribution in [0.15, 0.2) is 0 Å². The molecule has 0 spiro atoms. The summed E-state index contributed by atoms with van der Waals surface area (Å²) in [4.78, 5) is 0. The third-order valence-corrected chi connectivity index (χ3v) is 0.612. The van der Waals surface area contributed by atoms with Gasteiger partial charge in [-0.25, -0.2) is 0 Å². The summed E-state index contributed by atoms with van der Waals surface area (Å²) in [6.07, 6.45) is 0.576. The van der Waals surface area contributed by atoms with E-state index in [0.717, 1.165) is 0 Å². The Bertz CT molecular complexity index is 37.8. The fourth-order valence-electron chi connectivity index (χ4n) is 0. The molecule has 39 valence electrons. The molecule has 0 fully saturated rings. The molecule has 0 aromatic rings. The molecule has 0 unspecified atom stereocenters. The van der Waals surface area contributed by atoms with Crippen LogP contribution in [0.3, 0.4) is 0 Å². The average molecular weight is 153 g/mol. The van der Waals surface area contributed by atoms with Crippen molar-refractivity contribution in [3.05, 3.63) is 6.92 Å². The minimum Gasteiger partial charge on any atom is -0.390 e. The molecule has 7 heavy (non-hydrogen) atoms. The van der Waals surface area contributed by atoms with Crippen molar-refractivity contribution in [2.45, 2.75) is 25.9 Å². The van der Waals surface area contributed by atoms with E-state index in [2.05, 4.69) is 6.92 Å². The van der Waals surface area contributed by atoms with E-state index in [9.17, 15) is 0 Å². The van der Waals surface area contributed by atoms with Gasteiger partial charge in [-0.3, -0.25) is 0 Å². The van der Waals surface area contributed by atoms with Gasteiger partial charge < -0.3 is 5.11 Å². The molecule has 0 bridgehead atoms. The van der Waals surface area contributed by atoms with Gasteiger partial charge in [0, 0.05) is 19.5 Å². The second kappa shape index (κ2) is 3.57. The van der Waals surface area contributed by atoms with Gasteiger partial charge in [0.25, 0.3) is 0 Å². The van der Waals surface area contributed by atoms with Gasteiger partial charge in [0.1, 0.15) is 0 Å². The maximum Gasteiger partial charge on any atom is 0.0591 e. The van der Waals surface area contributed by atoms with Gasteiger partial charge in [-0.1, -0.05) is 6.92 Å². The van der Waals surface area contributed by atoms with Crippen molar-refractivity contribution >= 4 is 0 Å². The van der Waals surface area contributed by atoms with Crippen molar-refractivity contribution in [1.29, 1.82) is 0 Å². The van der Waals surface area contributed by atoms with E-state index < -0.39 is 5.60 Å². The first-order valence-electron chi connectivity index (χ1n) is 2.08. The zero-order valence-corrected chi connectivity index (χ0v) is 8.04. The number of hydrogen-bond donors (Lipinski definition) is 1. The zero-order valence-electron chi connectivity index (χ0n) is 5.07. The van der Waals surface area contributed by atoms with E-state index in [0.29, 0.717) is 6.42 Å². The van der Waals surface area contributed by atoms with E-state index in [4.69, 9.17) is 5.11 Å². The van der Waals surface area contributed by atoms with Crippen LogP contribution in [-0.2, 0) is 19.5 Å². The van der Waals surface area contributed by atoms with Crippen molar-refractivity contribution in [3.8, 4) is 0 Å². The van der Waals surface area contributed by atoms with Gasteiger partial charge in [0.05, 0.1) is 5.60 Å². The van der Waals surface area contributed by atoms with E-state index >= 15 is 0 Å². The number of hydrogen-bond acceptors (Lipinski definition) is 1. The summed E-state index contributed by atoms with van der Waals surface area (Å²) in [5, 5.41) is 8.76. The number of rotatable bonds is 1. The number of aliphatic hydroxyl groups is 1. The fraction of sp³-hybridized carbons (Fsp3) is 0.800. The molecule has 0 aliphatic heterocycles. The molecule has 0 rings (SSSR count). The molecule has 0 aliphatic rings. The first kappa shape index (κ1) is 10.5. The fourth-order valence-corrected chi connectivity index (χ4v) is 0. The van der Waals surface area contributed by atoms with Crippen molar-refractivity contribution in [2.24, 2.45) is 0 Å². The van der Waals surface area contributed by atoms with Gasteiger partial charge in [-0.15, -0.1) is 0 Å². The van der Waals surface area contributed by atoms with Gasteiger partial charge in [-0.05, 0) is 20.3 Å². The summed E-state index contributed by atoms with van der Waals surface area (Å²) in [5.41, 5.74) is -0.569. The molecule has 0 aliphatic carbocycles. The Labute approximate surface area is 57.9 Å². The molecule has 1 N–H and O–H groups in total. The van der Waals surface area contributed by atoms with Crippen molar-refractivity contribution < 1.29 is 24.6 Å². The van der Waals surface area contributed by atoms with Crippen LogP contribution in [0, 0.1) is 6.92 Å². The predicted octanol–water partition coefficient (Wildman–Crippen LogP) is 0.979. The van der Waals surface area contributed by atoms with Crippen LogP contribution < -0.4 is 0 Å². The first-order chi connectivity index (χ1) is 2.56. The molecule has 0 heterocycles. The van der Waals surface area contributed by atoms with Crippen LogP contribution in [0.2, 0.25) is 0 Å². The van der Waals surface area contributed by atoms with E-state index in [1.807, 2.05) is 0 Å². The molecule has 2 heteroatoms. The second-order valence-corrected chi connectivity index (χ2v) is 2.06. The Morgan fingerprint density at radius 3 is 1.71 bits per heavy atom. The molecule has 0 aromatic heterocycles. The summed E-state index contributed by atoms with van der Waals surface area (Å²) < 4.78 is 0. The third kappa shape index (κ3) is 10.8. The molecule has 0 amide bonds. The normalized spacial score (nSPS) is 10.3. The smallest absolute Gasteiger partial charge is 0.0591 e. The maximum atomic E-state index is 8.76. The average Bonchev–Trinajstić information content (AvgIpc) is 1.35. The summed E-state index contributed by atoms with van der Waals surface area (Å²) in [7, 11) is 0. The summed E-state index contributed by atoms with van der Waals surface area (Å²) >= 11 is 0. The zero-order chi connectivity index (χ0) is 5.21. The minimum atomic E-state index is -0.569. The van der Waals surface area contributed by atoms with Crippen molar-refractivity contribution in [2.75, 3.05) is 0 Å². The van der Waals surface area contributed by atoms with Gasteiger partial charge >= 0.3 is 0 Å². The Hall–Kier alpha value is 0.583. The van der Waals surface area contributed by atoms with Crippen LogP contribution in [0.1, 0.15) is 20.3 Å². The van der Waals surface area contributed by atoms with Crippen LogP contribution in [0.5, 0.6) is 0 Å². The molecular weight excluding hydrogens is 141 g/mol. The standard InChI is InChI=1S/C5H11O.Zn/c1-4-5(2,3)6;/h6H,1,4H2,2-3H3;. The molecule has 1 radical (unpaired) electrons. The Morgan fingerprint density at radius 2 is 1.71 bits per heavy atom. The maximum absolute atomic E-state index is 8.76. The van der Waals surface area contributed by atoms with Crippen LogP contribution in [0.25, 0.3) is 0 Å². The molecule has 0 aromatic carbocycles. The topological polar surface area (TPSA) is 20.2 Å². The Morgan fingerprint density at radius 1 is 1.57 bits per heavy atom. The molecule has 0 atom stereocenters. The summed E-state index contributed by atoms with van der Waals surface area (Å²) in [6, 6.07) is 0. The Kier molecular flexibility index (Phi) is 5.38.